The van der Waals surface area contributed by atoms with Gasteiger partial charge in [-0.3, -0.25) is 4.79 Å². The van der Waals surface area contributed by atoms with Gasteiger partial charge in [0.1, 0.15) is 5.82 Å². The molecule has 2 aliphatic rings. The Bertz CT molecular complexity index is 987. The second kappa shape index (κ2) is 5.80. The van der Waals surface area contributed by atoms with E-state index in [1.54, 1.807) is 0 Å². The van der Waals surface area contributed by atoms with Gasteiger partial charge in [0.25, 0.3) is 11.8 Å². The highest BCUT2D eigenvalue weighted by atomic mass is 32.2. The van der Waals surface area contributed by atoms with E-state index in [1.807, 2.05) is 0 Å². The molecule has 1 aliphatic heterocycles. The number of carbonyl (C=O) groups excluding carboxylic acids is 1. The minimum Gasteiger partial charge on any atom is -0.321 e. The van der Waals surface area contributed by atoms with Gasteiger partial charge in [-0.15, -0.1) is 0 Å². The number of amides is 1. The third-order valence-electron chi connectivity index (χ3n) is 4.53. The minimum absolute atomic E-state index is 0.131. The van der Waals surface area contributed by atoms with E-state index in [2.05, 4.69) is 15.3 Å². The summed E-state index contributed by atoms with van der Waals surface area (Å²) in [6.07, 6.45) is 3.99. The Labute approximate surface area is 148 Å². The molecule has 0 bridgehead atoms. The van der Waals surface area contributed by atoms with E-state index < -0.39 is 44.3 Å². The lowest BCUT2D eigenvalue weighted by molar-refractivity contribution is -0.0126. The van der Waals surface area contributed by atoms with Gasteiger partial charge in [0.05, 0.1) is 21.9 Å². The summed E-state index contributed by atoms with van der Waals surface area (Å²) in [5, 5.41) is 2.41. The number of nitrogens with zero attached hydrogens (tertiary/aromatic N) is 2. The summed E-state index contributed by atoms with van der Waals surface area (Å²) in [5.41, 5.74) is -0.605. The number of alkyl halides is 2. The molecule has 2 heterocycles. The summed E-state index contributed by atoms with van der Waals surface area (Å²) in [7, 11) is -3.91. The molecule has 1 aromatic heterocycles. The predicted octanol–water partition coefficient (Wildman–Crippen LogP) is 2.88. The normalized spacial score (nSPS) is 20.2. The molecule has 1 N–H and O–H groups in total. The molecule has 0 unspecified atom stereocenters. The Morgan fingerprint density at radius 1 is 1.19 bits per heavy atom. The number of fused-ring (bicyclic) bond motifs is 1. The van der Waals surface area contributed by atoms with Crippen LogP contribution < -0.4 is 5.32 Å². The molecule has 0 radical (unpaired) electrons. The van der Waals surface area contributed by atoms with Crippen LogP contribution in [0, 0.1) is 0 Å². The summed E-state index contributed by atoms with van der Waals surface area (Å²) in [5.74, 6) is -3.57. The average Bonchev–Trinajstić information content (AvgIpc) is 3.44. The van der Waals surface area contributed by atoms with Gasteiger partial charge in [0.2, 0.25) is 0 Å². The Hall–Kier alpha value is -2.42. The van der Waals surface area contributed by atoms with E-state index in [-0.39, 0.29) is 11.3 Å². The van der Waals surface area contributed by atoms with Crippen molar-refractivity contribution in [2.45, 2.75) is 36.0 Å². The molecule has 6 nitrogen and oxygen atoms in total. The number of sulfone groups is 1. The number of nitrogens with one attached hydrogen (secondary N) is 1. The van der Waals surface area contributed by atoms with Crippen molar-refractivity contribution in [1.82, 2.24) is 9.97 Å². The fourth-order valence-electron chi connectivity index (χ4n) is 2.96. The van der Waals surface area contributed by atoms with Crippen LogP contribution >= 0.6 is 0 Å². The largest absolute Gasteiger partial charge is 0.321 e. The molecule has 4 rings (SSSR count). The molecule has 1 aromatic carbocycles. The molecule has 1 saturated carbocycles. The van der Waals surface area contributed by atoms with Gasteiger partial charge in [-0.2, -0.15) is 0 Å². The van der Waals surface area contributed by atoms with Gasteiger partial charge in [-0.05, 0) is 18.9 Å². The van der Waals surface area contributed by atoms with Gasteiger partial charge in [-0.1, -0.05) is 12.1 Å². The van der Waals surface area contributed by atoms with E-state index >= 15 is 0 Å². The number of benzene rings is 1. The number of halogens is 2. The third kappa shape index (κ3) is 2.96. The minimum atomic E-state index is -3.91. The number of rotatable bonds is 3. The number of anilines is 1. The van der Waals surface area contributed by atoms with Crippen molar-refractivity contribution in [2.24, 2.45) is 0 Å². The Balaban J connectivity index is 1.67. The maximum atomic E-state index is 14.1. The molecular weight excluding hydrogens is 364 g/mol. The summed E-state index contributed by atoms with van der Waals surface area (Å²) in [4.78, 5) is 20.1. The van der Waals surface area contributed by atoms with E-state index in [9.17, 15) is 22.0 Å². The van der Waals surface area contributed by atoms with Crippen LogP contribution in [-0.2, 0) is 15.8 Å². The maximum Gasteiger partial charge on any atom is 0.275 e. The van der Waals surface area contributed by atoms with Crippen LogP contribution in [0.5, 0.6) is 0 Å². The van der Waals surface area contributed by atoms with Gasteiger partial charge in [0.15, 0.2) is 9.84 Å². The van der Waals surface area contributed by atoms with Gasteiger partial charge < -0.3 is 5.32 Å². The van der Waals surface area contributed by atoms with Crippen LogP contribution in [0.1, 0.15) is 46.9 Å². The van der Waals surface area contributed by atoms with Crippen molar-refractivity contribution >= 4 is 21.4 Å². The highest BCUT2D eigenvalue weighted by molar-refractivity contribution is 7.91. The lowest BCUT2D eigenvalue weighted by Gasteiger charge is -2.26. The van der Waals surface area contributed by atoms with Crippen molar-refractivity contribution < 1.29 is 22.0 Å². The van der Waals surface area contributed by atoms with Crippen molar-refractivity contribution in [1.29, 1.82) is 0 Å². The zero-order valence-corrected chi connectivity index (χ0v) is 14.4. The maximum absolute atomic E-state index is 14.1. The zero-order valence-electron chi connectivity index (χ0n) is 13.6. The summed E-state index contributed by atoms with van der Waals surface area (Å²) >= 11 is 0. The summed E-state index contributed by atoms with van der Waals surface area (Å²) in [6.45, 7) is 0. The third-order valence-corrected chi connectivity index (χ3v) is 6.33. The van der Waals surface area contributed by atoms with Crippen molar-refractivity contribution in [3.8, 4) is 0 Å². The van der Waals surface area contributed by atoms with Crippen LogP contribution in [-0.4, -0.2) is 30.0 Å². The lowest BCUT2D eigenvalue weighted by Crippen LogP contribution is -2.29. The smallest absolute Gasteiger partial charge is 0.275 e. The average molecular weight is 379 g/mol. The summed E-state index contributed by atoms with van der Waals surface area (Å²) < 4.78 is 52.9. The van der Waals surface area contributed by atoms with Crippen LogP contribution in [0.2, 0.25) is 0 Å². The molecule has 9 heteroatoms. The fraction of sp³-hybridized carbons (Fsp3) is 0.353. The molecule has 1 fully saturated rings. The van der Waals surface area contributed by atoms with Crippen LogP contribution in [0.15, 0.2) is 35.5 Å². The lowest BCUT2D eigenvalue weighted by atomic mass is 10.0. The standard InChI is InChI=1S/C17H15F2N3O3S/c18-17(19)6-7-26(24,25)14-12(17)2-1-3-13(14)22-16(23)11-8-20-15(21-9-11)10-4-5-10/h1-3,8-10H,4-7H2,(H,22,23). The molecule has 0 spiro atoms. The molecule has 0 saturated heterocycles. The fourth-order valence-corrected chi connectivity index (χ4v) is 4.70. The first-order chi connectivity index (χ1) is 12.3. The molecule has 0 atom stereocenters. The molecule has 2 aromatic rings. The van der Waals surface area contributed by atoms with E-state index in [4.69, 9.17) is 0 Å². The zero-order chi connectivity index (χ0) is 18.5. The quantitative estimate of drug-likeness (QED) is 0.886. The van der Waals surface area contributed by atoms with E-state index in [0.29, 0.717) is 11.7 Å². The van der Waals surface area contributed by atoms with Crippen LogP contribution in [0.25, 0.3) is 0 Å². The first-order valence-electron chi connectivity index (χ1n) is 8.15. The number of hydrogen-bond acceptors (Lipinski definition) is 5. The SMILES string of the molecule is O=C(Nc1cccc2c1S(=O)(=O)CCC2(F)F)c1cnc(C2CC2)nc1. The second-order valence-corrected chi connectivity index (χ2v) is 8.56. The Kier molecular flexibility index (Phi) is 3.80. The molecular formula is C17H15F2N3O3S. The van der Waals surface area contributed by atoms with Crippen molar-refractivity contribution in [3.05, 3.63) is 47.5 Å². The van der Waals surface area contributed by atoms with Crippen LogP contribution in [0.3, 0.4) is 0 Å². The Morgan fingerprint density at radius 3 is 2.54 bits per heavy atom. The monoisotopic (exact) mass is 379 g/mol. The highest BCUT2D eigenvalue weighted by Crippen LogP contribution is 2.44. The Morgan fingerprint density at radius 2 is 1.88 bits per heavy atom. The highest BCUT2D eigenvalue weighted by Gasteiger charge is 2.44. The van der Waals surface area contributed by atoms with Crippen LogP contribution in [0.4, 0.5) is 14.5 Å². The molecule has 1 amide bonds. The van der Waals surface area contributed by atoms with Gasteiger partial charge >= 0.3 is 0 Å². The number of carbonyl (C=O) groups is 1. The van der Waals surface area contributed by atoms with Gasteiger partial charge in [-0.25, -0.2) is 27.2 Å². The predicted molar refractivity (Wildman–Crippen MR) is 89.0 cm³/mol. The van der Waals surface area contributed by atoms with Gasteiger partial charge in [0, 0.05) is 30.3 Å². The van der Waals surface area contributed by atoms with E-state index in [1.165, 1.54) is 24.5 Å². The van der Waals surface area contributed by atoms with E-state index in [0.717, 1.165) is 18.9 Å². The molecule has 26 heavy (non-hydrogen) atoms. The second-order valence-electron chi connectivity index (χ2n) is 6.51. The number of aromatic nitrogens is 2. The first kappa shape index (κ1) is 17.0. The summed E-state index contributed by atoms with van der Waals surface area (Å²) in [6, 6.07) is 3.68. The number of hydrogen-bond donors (Lipinski definition) is 1. The van der Waals surface area contributed by atoms with Crippen molar-refractivity contribution in [3.63, 3.8) is 0 Å². The first-order valence-corrected chi connectivity index (χ1v) is 9.80. The topological polar surface area (TPSA) is 89.0 Å². The molecule has 1 aliphatic carbocycles. The van der Waals surface area contributed by atoms with Crippen molar-refractivity contribution in [2.75, 3.05) is 11.1 Å². The molecule has 136 valence electrons.